The molecule has 0 saturated carbocycles. The van der Waals surface area contributed by atoms with Gasteiger partial charge in [0.2, 0.25) is 5.91 Å². The lowest BCUT2D eigenvalue weighted by Gasteiger charge is -2.10. The molecule has 0 aliphatic carbocycles. The van der Waals surface area contributed by atoms with Crippen LogP contribution in [0.5, 0.6) is 0 Å². The highest BCUT2D eigenvalue weighted by Crippen LogP contribution is 2.09. The van der Waals surface area contributed by atoms with Gasteiger partial charge in [-0.1, -0.05) is 30.3 Å². The Labute approximate surface area is 125 Å². The fourth-order valence-electron chi connectivity index (χ4n) is 2.19. The third-order valence-electron chi connectivity index (χ3n) is 3.34. The second kappa shape index (κ2) is 7.57. The number of aromatic amines is 1. The second-order valence-corrected chi connectivity index (χ2v) is 5.26. The number of carbonyl (C=O) groups is 1. The van der Waals surface area contributed by atoms with Crippen LogP contribution in [0.15, 0.2) is 30.3 Å². The van der Waals surface area contributed by atoms with E-state index in [2.05, 4.69) is 32.6 Å². The van der Waals surface area contributed by atoms with Crippen LogP contribution in [0.1, 0.15) is 49.4 Å². The molecule has 21 heavy (non-hydrogen) atoms. The van der Waals surface area contributed by atoms with Gasteiger partial charge in [0, 0.05) is 6.42 Å². The van der Waals surface area contributed by atoms with Gasteiger partial charge >= 0.3 is 0 Å². The molecule has 2 N–H and O–H groups in total. The smallest absolute Gasteiger partial charge is 0.220 e. The predicted octanol–water partition coefficient (Wildman–Crippen LogP) is 2.70. The Morgan fingerprint density at radius 3 is 2.71 bits per heavy atom. The lowest BCUT2D eigenvalue weighted by molar-refractivity contribution is -0.121. The van der Waals surface area contributed by atoms with Crippen molar-refractivity contribution in [2.24, 2.45) is 0 Å². The van der Waals surface area contributed by atoms with E-state index in [1.165, 1.54) is 5.56 Å². The van der Waals surface area contributed by atoms with Gasteiger partial charge in [-0.25, -0.2) is 4.98 Å². The third kappa shape index (κ3) is 5.02. The molecule has 0 radical (unpaired) electrons. The Bertz CT molecular complexity index is 565. The normalized spacial score (nSPS) is 12.1. The minimum absolute atomic E-state index is 0.0537. The van der Waals surface area contributed by atoms with E-state index in [9.17, 15) is 4.79 Å². The lowest BCUT2D eigenvalue weighted by atomic mass is 10.1. The fraction of sp³-hybridized carbons (Fsp3) is 0.438. The van der Waals surface area contributed by atoms with Crippen LogP contribution in [-0.4, -0.2) is 21.1 Å². The molecule has 1 amide bonds. The van der Waals surface area contributed by atoms with Crippen LogP contribution in [0.2, 0.25) is 0 Å². The number of nitrogens with one attached hydrogen (secondary N) is 2. The highest BCUT2D eigenvalue weighted by Gasteiger charge is 2.13. The Balaban J connectivity index is 1.65. The van der Waals surface area contributed by atoms with Crippen molar-refractivity contribution in [1.29, 1.82) is 0 Å². The average molecular weight is 286 g/mol. The van der Waals surface area contributed by atoms with Crippen LogP contribution in [-0.2, 0) is 11.2 Å². The van der Waals surface area contributed by atoms with Gasteiger partial charge < -0.3 is 5.32 Å². The van der Waals surface area contributed by atoms with Gasteiger partial charge in [-0.2, -0.15) is 5.10 Å². The first-order valence-electron chi connectivity index (χ1n) is 7.37. The summed E-state index contributed by atoms with van der Waals surface area (Å²) in [6.45, 7) is 3.74. The van der Waals surface area contributed by atoms with Crippen molar-refractivity contribution in [1.82, 2.24) is 20.5 Å². The quantitative estimate of drug-likeness (QED) is 0.769. The van der Waals surface area contributed by atoms with E-state index in [-0.39, 0.29) is 11.9 Å². The zero-order valence-corrected chi connectivity index (χ0v) is 12.6. The monoisotopic (exact) mass is 286 g/mol. The molecule has 1 atom stereocenters. The second-order valence-electron chi connectivity index (χ2n) is 5.26. The first-order valence-corrected chi connectivity index (χ1v) is 7.37. The van der Waals surface area contributed by atoms with Crippen molar-refractivity contribution in [3.8, 4) is 0 Å². The van der Waals surface area contributed by atoms with E-state index in [1.807, 2.05) is 32.0 Å². The maximum absolute atomic E-state index is 11.9. The summed E-state index contributed by atoms with van der Waals surface area (Å²) in [5.41, 5.74) is 1.32. The van der Waals surface area contributed by atoms with Crippen LogP contribution in [0.25, 0.3) is 0 Å². The van der Waals surface area contributed by atoms with E-state index >= 15 is 0 Å². The van der Waals surface area contributed by atoms with Crippen LogP contribution in [0.3, 0.4) is 0 Å². The van der Waals surface area contributed by atoms with E-state index in [4.69, 9.17) is 0 Å². The molecule has 2 aromatic rings. The van der Waals surface area contributed by atoms with Crippen molar-refractivity contribution >= 4 is 5.91 Å². The fourth-order valence-corrected chi connectivity index (χ4v) is 2.19. The van der Waals surface area contributed by atoms with Crippen LogP contribution in [0.4, 0.5) is 0 Å². The topological polar surface area (TPSA) is 70.7 Å². The third-order valence-corrected chi connectivity index (χ3v) is 3.34. The molecule has 0 saturated heterocycles. The van der Waals surface area contributed by atoms with E-state index in [0.29, 0.717) is 12.2 Å². The molecule has 0 fully saturated rings. The minimum Gasteiger partial charge on any atom is -0.346 e. The average Bonchev–Trinajstić information content (AvgIpc) is 2.91. The maximum atomic E-state index is 11.9. The number of nitrogens with zero attached hydrogens (tertiary/aromatic N) is 2. The van der Waals surface area contributed by atoms with Crippen LogP contribution in [0, 0.1) is 6.92 Å². The zero-order valence-electron chi connectivity index (χ0n) is 12.6. The molecule has 0 aliphatic rings. The number of rotatable bonds is 7. The van der Waals surface area contributed by atoms with E-state index in [0.717, 1.165) is 25.1 Å². The van der Waals surface area contributed by atoms with Crippen molar-refractivity contribution in [3.05, 3.63) is 47.5 Å². The van der Waals surface area contributed by atoms with Gasteiger partial charge in [0.1, 0.15) is 5.82 Å². The number of amides is 1. The van der Waals surface area contributed by atoms with Gasteiger partial charge in [0.15, 0.2) is 5.82 Å². The van der Waals surface area contributed by atoms with Crippen molar-refractivity contribution in [3.63, 3.8) is 0 Å². The van der Waals surface area contributed by atoms with Crippen molar-refractivity contribution in [2.75, 3.05) is 0 Å². The maximum Gasteiger partial charge on any atom is 0.220 e. The summed E-state index contributed by atoms with van der Waals surface area (Å²) in [4.78, 5) is 16.1. The van der Waals surface area contributed by atoms with Gasteiger partial charge in [0.25, 0.3) is 0 Å². The largest absolute Gasteiger partial charge is 0.346 e. The SMILES string of the molecule is Cc1nc([C@H](C)NC(=O)CCCCc2ccccc2)n[nH]1. The minimum atomic E-state index is -0.156. The number of aromatic nitrogens is 3. The molecule has 0 bridgehead atoms. The van der Waals surface area contributed by atoms with Gasteiger partial charge in [-0.3, -0.25) is 9.89 Å². The van der Waals surface area contributed by atoms with E-state index < -0.39 is 0 Å². The molecule has 2 rings (SSSR count). The summed E-state index contributed by atoms with van der Waals surface area (Å²) in [7, 11) is 0. The van der Waals surface area contributed by atoms with Crippen LogP contribution >= 0.6 is 0 Å². The number of hydrogen-bond donors (Lipinski definition) is 2. The molecule has 1 aromatic carbocycles. The van der Waals surface area contributed by atoms with Gasteiger partial charge in [-0.15, -0.1) is 0 Å². The van der Waals surface area contributed by atoms with E-state index in [1.54, 1.807) is 0 Å². The molecule has 0 unspecified atom stereocenters. The molecule has 5 heteroatoms. The Kier molecular flexibility index (Phi) is 5.49. The molecule has 0 aliphatic heterocycles. The molecule has 112 valence electrons. The van der Waals surface area contributed by atoms with Crippen molar-refractivity contribution < 1.29 is 4.79 Å². The zero-order chi connectivity index (χ0) is 15.1. The number of aryl methyl sites for hydroxylation is 2. The molecule has 5 nitrogen and oxygen atoms in total. The molecule has 1 aromatic heterocycles. The summed E-state index contributed by atoms with van der Waals surface area (Å²) in [5, 5.41) is 9.76. The molecular weight excluding hydrogens is 264 g/mol. The Morgan fingerprint density at radius 1 is 1.29 bits per heavy atom. The number of hydrogen-bond acceptors (Lipinski definition) is 3. The summed E-state index contributed by atoms with van der Waals surface area (Å²) in [5.74, 6) is 1.44. The molecule has 1 heterocycles. The Morgan fingerprint density at radius 2 is 2.05 bits per heavy atom. The molecule has 0 spiro atoms. The Hall–Kier alpha value is -2.17. The highest BCUT2D eigenvalue weighted by atomic mass is 16.1. The number of unbranched alkanes of at least 4 members (excludes halogenated alkanes) is 1. The lowest BCUT2D eigenvalue weighted by Crippen LogP contribution is -2.27. The highest BCUT2D eigenvalue weighted by molar-refractivity contribution is 5.76. The summed E-state index contributed by atoms with van der Waals surface area (Å²) < 4.78 is 0. The first kappa shape index (κ1) is 15.2. The number of benzene rings is 1. The van der Waals surface area contributed by atoms with Crippen LogP contribution < -0.4 is 5.32 Å². The summed E-state index contributed by atoms with van der Waals surface area (Å²) in [6, 6.07) is 10.2. The predicted molar refractivity (Wildman–Crippen MR) is 81.7 cm³/mol. The standard InChI is InChI=1S/C16H22N4O/c1-12(16-18-13(2)19-20-16)17-15(21)11-7-6-10-14-8-4-3-5-9-14/h3-5,8-9,12H,6-7,10-11H2,1-2H3,(H,17,21)(H,18,19,20)/t12-/m0/s1. The van der Waals surface area contributed by atoms with Gasteiger partial charge in [0.05, 0.1) is 6.04 Å². The first-order chi connectivity index (χ1) is 10.1. The summed E-state index contributed by atoms with van der Waals surface area (Å²) in [6.07, 6.45) is 3.47. The van der Waals surface area contributed by atoms with Gasteiger partial charge in [-0.05, 0) is 38.7 Å². The van der Waals surface area contributed by atoms with Crippen molar-refractivity contribution in [2.45, 2.75) is 45.6 Å². The number of H-pyrrole nitrogens is 1. The number of carbonyl (C=O) groups excluding carboxylic acids is 1. The molecular formula is C16H22N4O. The summed E-state index contributed by atoms with van der Waals surface area (Å²) >= 11 is 0.